The van der Waals surface area contributed by atoms with Crippen molar-refractivity contribution in [2.24, 2.45) is 0 Å². The van der Waals surface area contributed by atoms with Crippen LogP contribution in [0.1, 0.15) is 24.0 Å². The van der Waals surface area contributed by atoms with Crippen LogP contribution in [0.2, 0.25) is 5.02 Å². The third-order valence-electron chi connectivity index (χ3n) is 3.73. The molecule has 0 aromatic heterocycles. The summed E-state index contributed by atoms with van der Waals surface area (Å²) in [7, 11) is 0. The highest BCUT2D eigenvalue weighted by Gasteiger charge is 2.24. The van der Waals surface area contributed by atoms with Crippen LogP contribution in [-0.4, -0.2) is 23.6 Å². The summed E-state index contributed by atoms with van der Waals surface area (Å²) < 4.78 is 0. The van der Waals surface area contributed by atoms with Crippen molar-refractivity contribution in [3.8, 4) is 0 Å². The summed E-state index contributed by atoms with van der Waals surface area (Å²) in [5.41, 5.74) is 2.92. The Hall–Kier alpha value is -0.180. The van der Waals surface area contributed by atoms with Crippen LogP contribution < -0.4 is 5.32 Å². The Kier molecular flexibility index (Phi) is 3.64. The Bertz CT molecular complexity index is 401. The predicted octanol–water partition coefficient (Wildman–Crippen LogP) is 3.29. The van der Waals surface area contributed by atoms with Crippen molar-refractivity contribution in [1.29, 1.82) is 0 Å². The van der Waals surface area contributed by atoms with Crippen LogP contribution in [0.3, 0.4) is 0 Å². The molecule has 1 aromatic carbocycles. The van der Waals surface area contributed by atoms with Crippen LogP contribution in [0.4, 0.5) is 0 Å². The van der Waals surface area contributed by atoms with Gasteiger partial charge in [-0.15, -0.1) is 0 Å². The summed E-state index contributed by atoms with van der Waals surface area (Å²) in [6.07, 6.45) is 5.04. The van der Waals surface area contributed by atoms with Gasteiger partial charge in [-0.05, 0) is 54.7 Å². The van der Waals surface area contributed by atoms with Gasteiger partial charge in [0, 0.05) is 22.9 Å². The van der Waals surface area contributed by atoms with Crippen molar-refractivity contribution in [2.45, 2.75) is 37.8 Å². The van der Waals surface area contributed by atoms with Crippen molar-refractivity contribution in [3.05, 3.63) is 34.3 Å². The average molecular weight is 268 g/mol. The highest BCUT2D eigenvalue weighted by Crippen LogP contribution is 2.26. The van der Waals surface area contributed by atoms with Gasteiger partial charge in [-0.2, -0.15) is 11.8 Å². The van der Waals surface area contributed by atoms with E-state index in [1.54, 1.807) is 0 Å². The van der Waals surface area contributed by atoms with Gasteiger partial charge in [0.1, 0.15) is 0 Å². The van der Waals surface area contributed by atoms with Gasteiger partial charge in [-0.1, -0.05) is 17.7 Å². The second-order valence-corrected chi connectivity index (χ2v) is 6.69. The Labute approximate surface area is 112 Å². The molecule has 17 heavy (non-hydrogen) atoms. The lowest BCUT2D eigenvalue weighted by molar-refractivity contribution is 0.433. The van der Waals surface area contributed by atoms with Crippen LogP contribution in [0.15, 0.2) is 18.2 Å². The highest BCUT2D eigenvalue weighted by molar-refractivity contribution is 7.99. The van der Waals surface area contributed by atoms with Crippen LogP contribution in [-0.2, 0) is 12.8 Å². The molecule has 3 rings (SSSR count). The van der Waals surface area contributed by atoms with Gasteiger partial charge in [0.05, 0.1) is 0 Å². The van der Waals surface area contributed by atoms with E-state index in [-0.39, 0.29) is 0 Å². The minimum absolute atomic E-state index is 0.632. The van der Waals surface area contributed by atoms with Crippen LogP contribution in [0, 0.1) is 0 Å². The Morgan fingerprint density at radius 2 is 2.06 bits per heavy atom. The number of fused-ring (bicyclic) bond motifs is 1. The fourth-order valence-electron chi connectivity index (χ4n) is 2.91. The van der Waals surface area contributed by atoms with Crippen LogP contribution >= 0.6 is 23.4 Å². The van der Waals surface area contributed by atoms with Gasteiger partial charge < -0.3 is 5.32 Å². The van der Waals surface area contributed by atoms with E-state index in [0.717, 1.165) is 17.5 Å². The number of thioether (sulfide) groups is 1. The molecule has 1 N–H and O–H groups in total. The molecule has 2 atom stereocenters. The van der Waals surface area contributed by atoms with Crippen molar-refractivity contribution in [2.75, 3.05) is 11.5 Å². The molecule has 0 spiro atoms. The van der Waals surface area contributed by atoms with Crippen molar-refractivity contribution < 1.29 is 0 Å². The average Bonchev–Trinajstić information content (AvgIpc) is 2.71. The smallest absolute Gasteiger partial charge is 0.0408 e. The number of halogens is 1. The zero-order valence-electron chi connectivity index (χ0n) is 9.92. The molecule has 2 aliphatic rings. The normalized spacial score (nSPS) is 28.1. The van der Waals surface area contributed by atoms with Gasteiger partial charge in [0.2, 0.25) is 0 Å². The Morgan fingerprint density at radius 3 is 2.88 bits per heavy atom. The topological polar surface area (TPSA) is 12.0 Å². The molecular formula is C14H18ClNS. The lowest BCUT2D eigenvalue weighted by Gasteiger charge is -2.26. The van der Waals surface area contributed by atoms with Crippen molar-refractivity contribution in [1.82, 2.24) is 5.32 Å². The first-order valence-electron chi connectivity index (χ1n) is 6.42. The molecule has 3 heteroatoms. The Morgan fingerprint density at radius 1 is 1.18 bits per heavy atom. The zero-order chi connectivity index (χ0) is 11.7. The van der Waals surface area contributed by atoms with Gasteiger partial charge in [0.15, 0.2) is 0 Å². The molecule has 1 nitrogen and oxygen atoms in total. The summed E-state index contributed by atoms with van der Waals surface area (Å²) in [6.45, 7) is 0. The molecule has 0 saturated carbocycles. The largest absolute Gasteiger partial charge is 0.310 e. The zero-order valence-corrected chi connectivity index (χ0v) is 11.5. The third kappa shape index (κ3) is 2.81. The van der Waals surface area contributed by atoms with Crippen LogP contribution in [0.25, 0.3) is 0 Å². The molecule has 1 fully saturated rings. The van der Waals surface area contributed by atoms with E-state index in [0.29, 0.717) is 6.04 Å². The van der Waals surface area contributed by atoms with E-state index in [9.17, 15) is 0 Å². The summed E-state index contributed by atoms with van der Waals surface area (Å²) in [5, 5.41) is 4.69. The third-order valence-corrected chi connectivity index (χ3v) is 5.18. The maximum atomic E-state index is 6.04. The SMILES string of the molecule is Clc1ccc2c(c1)CC(NC1CCCSC1)C2. The lowest BCUT2D eigenvalue weighted by Crippen LogP contribution is -2.41. The molecular weight excluding hydrogens is 250 g/mol. The molecule has 1 aliphatic carbocycles. The monoisotopic (exact) mass is 267 g/mol. The van der Waals surface area contributed by atoms with Crippen molar-refractivity contribution in [3.63, 3.8) is 0 Å². The van der Waals surface area contributed by atoms with Crippen LogP contribution in [0.5, 0.6) is 0 Å². The molecule has 0 bridgehead atoms. The molecule has 0 amide bonds. The standard InChI is InChI=1S/C14H18ClNS/c15-12-4-3-10-7-14(8-11(10)6-12)16-13-2-1-5-17-9-13/h3-4,6,13-14,16H,1-2,5,7-9H2. The first-order valence-corrected chi connectivity index (χ1v) is 7.95. The number of rotatable bonds is 2. The summed E-state index contributed by atoms with van der Waals surface area (Å²) in [4.78, 5) is 0. The second-order valence-electron chi connectivity index (χ2n) is 5.10. The molecule has 2 unspecified atom stereocenters. The molecule has 0 radical (unpaired) electrons. The molecule has 1 heterocycles. The molecule has 92 valence electrons. The van der Waals surface area contributed by atoms with E-state index in [4.69, 9.17) is 11.6 Å². The number of hydrogen-bond donors (Lipinski definition) is 1. The van der Waals surface area contributed by atoms with E-state index >= 15 is 0 Å². The van der Waals surface area contributed by atoms with E-state index in [2.05, 4.69) is 29.2 Å². The maximum absolute atomic E-state index is 6.04. The van der Waals surface area contributed by atoms with E-state index in [1.807, 2.05) is 6.07 Å². The summed E-state index contributed by atoms with van der Waals surface area (Å²) in [6, 6.07) is 7.69. The quantitative estimate of drug-likeness (QED) is 0.883. The van der Waals surface area contributed by atoms with E-state index < -0.39 is 0 Å². The number of benzene rings is 1. The number of nitrogens with one attached hydrogen (secondary N) is 1. The molecule has 1 saturated heterocycles. The van der Waals surface area contributed by atoms with Gasteiger partial charge in [0.25, 0.3) is 0 Å². The lowest BCUT2D eigenvalue weighted by atomic mass is 10.1. The fraction of sp³-hybridized carbons (Fsp3) is 0.571. The van der Waals surface area contributed by atoms with Crippen molar-refractivity contribution >= 4 is 23.4 Å². The molecule has 1 aliphatic heterocycles. The Balaban J connectivity index is 1.61. The van der Waals surface area contributed by atoms with Gasteiger partial charge >= 0.3 is 0 Å². The minimum Gasteiger partial charge on any atom is -0.310 e. The molecule has 1 aromatic rings. The first-order chi connectivity index (χ1) is 8.31. The fourth-order valence-corrected chi connectivity index (χ4v) is 4.19. The maximum Gasteiger partial charge on any atom is 0.0408 e. The number of hydrogen-bond acceptors (Lipinski definition) is 2. The van der Waals surface area contributed by atoms with Gasteiger partial charge in [-0.25, -0.2) is 0 Å². The van der Waals surface area contributed by atoms with Gasteiger partial charge in [-0.3, -0.25) is 0 Å². The summed E-state index contributed by atoms with van der Waals surface area (Å²) in [5.74, 6) is 2.63. The predicted molar refractivity (Wildman–Crippen MR) is 76.1 cm³/mol. The first kappa shape index (κ1) is 11.9. The second kappa shape index (κ2) is 5.21. The summed E-state index contributed by atoms with van der Waals surface area (Å²) >= 11 is 8.13. The highest BCUT2D eigenvalue weighted by atomic mass is 35.5. The van der Waals surface area contributed by atoms with E-state index in [1.165, 1.54) is 41.9 Å². The minimum atomic E-state index is 0.632.